The maximum atomic E-state index is 12.6. The van der Waals surface area contributed by atoms with Crippen molar-refractivity contribution < 1.29 is 14.3 Å². The first kappa shape index (κ1) is 20.1. The number of nitrogens with zero attached hydrogens (tertiary/aromatic N) is 4. The average molecular weight is 417 g/mol. The van der Waals surface area contributed by atoms with Crippen LogP contribution >= 0.6 is 11.3 Å². The van der Waals surface area contributed by atoms with Crippen molar-refractivity contribution in [1.82, 2.24) is 14.9 Å². The fourth-order valence-corrected chi connectivity index (χ4v) is 5.24. The summed E-state index contributed by atoms with van der Waals surface area (Å²) in [6.45, 7) is 8.94. The molecule has 0 unspecified atom stereocenters. The summed E-state index contributed by atoms with van der Waals surface area (Å²) in [5.41, 5.74) is 1.23. The first-order chi connectivity index (χ1) is 14.0. The van der Waals surface area contributed by atoms with Crippen molar-refractivity contribution in [3.8, 4) is 0 Å². The van der Waals surface area contributed by atoms with Gasteiger partial charge in [-0.1, -0.05) is 0 Å². The van der Waals surface area contributed by atoms with Crippen LogP contribution in [-0.4, -0.2) is 59.0 Å². The van der Waals surface area contributed by atoms with Gasteiger partial charge in [0.1, 0.15) is 17.0 Å². The highest BCUT2D eigenvalue weighted by molar-refractivity contribution is 7.18. The van der Waals surface area contributed by atoms with E-state index in [4.69, 9.17) is 4.74 Å². The van der Waals surface area contributed by atoms with Gasteiger partial charge in [-0.2, -0.15) is 0 Å². The lowest BCUT2D eigenvalue weighted by molar-refractivity contribution is -0.162. The first-order valence-corrected chi connectivity index (χ1v) is 11.2. The number of fused-ring (bicyclic) bond motifs is 1. The minimum Gasteiger partial charge on any atom is -0.452 e. The van der Waals surface area contributed by atoms with Gasteiger partial charge in [-0.15, -0.1) is 11.3 Å². The van der Waals surface area contributed by atoms with E-state index in [9.17, 15) is 9.59 Å². The Balaban J connectivity index is 1.37. The highest BCUT2D eigenvalue weighted by Gasteiger charge is 2.32. The van der Waals surface area contributed by atoms with Crippen LogP contribution in [0.3, 0.4) is 0 Å². The topological polar surface area (TPSA) is 75.6 Å². The van der Waals surface area contributed by atoms with Gasteiger partial charge in [0.05, 0.1) is 11.3 Å². The van der Waals surface area contributed by atoms with Gasteiger partial charge in [0.2, 0.25) is 0 Å². The highest BCUT2D eigenvalue weighted by atomic mass is 32.1. The Morgan fingerprint density at radius 3 is 2.52 bits per heavy atom. The fraction of sp³-hybridized carbons (Fsp3) is 0.619. The molecule has 0 N–H and O–H groups in total. The SMILES string of the molecule is Cc1sc2ncnc(N3CCC(C(=O)O[C@H](C)C(=O)N4CCCC4)CC3)c2c1C. The van der Waals surface area contributed by atoms with Crippen molar-refractivity contribution in [1.29, 1.82) is 0 Å². The Hall–Kier alpha value is -2.22. The van der Waals surface area contributed by atoms with Gasteiger partial charge in [-0.05, 0) is 52.0 Å². The predicted molar refractivity (Wildman–Crippen MR) is 113 cm³/mol. The molecule has 0 aliphatic carbocycles. The molecule has 0 aromatic carbocycles. The molecule has 0 radical (unpaired) electrons. The van der Waals surface area contributed by atoms with E-state index in [1.807, 2.05) is 0 Å². The molecular formula is C21H28N4O3S. The second kappa shape index (κ2) is 8.26. The molecule has 2 aromatic rings. The molecule has 2 aliphatic heterocycles. The monoisotopic (exact) mass is 416 g/mol. The number of anilines is 1. The van der Waals surface area contributed by atoms with Crippen LogP contribution in [0.15, 0.2) is 6.33 Å². The van der Waals surface area contributed by atoms with E-state index in [2.05, 4.69) is 28.7 Å². The molecule has 1 atom stereocenters. The molecule has 0 saturated carbocycles. The molecule has 2 aromatic heterocycles. The summed E-state index contributed by atoms with van der Waals surface area (Å²) in [4.78, 5) is 40.3. The minimum atomic E-state index is -0.698. The highest BCUT2D eigenvalue weighted by Crippen LogP contribution is 2.35. The van der Waals surface area contributed by atoms with Gasteiger partial charge in [-0.25, -0.2) is 9.97 Å². The number of aryl methyl sites for hydroxylation is 2. The van der Waals surface area contributed by atoms with Gasteiger partial charge >= 0.3 is 5.97 Å². The summed E-state index contributed by atoms with van der Waals surface area (Å²) < 4.78 is 5.53. The average Bonchev–Trinajstić information content (AvgIpc) is 3.36. The third kappa shape index (κ3) is 3.95. The number of carbonyl (C=O) groups is 2. The first-order valence-electron chi connectivity index (χ1n) is 10.4. The van der Waals surface area contributed by atoms with Crippen LogP contribution in [0.5, 0.6) is 0 Å². The predicted octanol–water partition coefficient (Wildman–Crippen LogP) is 3.08. The standard InChI is InChI=1S/C21H28N4O3S/c1-13-15(3)29-19-17(13)18(22-12-23-19)24-10-6-16(7-11-24)21(27)28-14(2)20(26)25-8-4-5-9-25/h12,14,16H,4-11H2,1-3H3/t14-/m1/s1. The lowest BCUT2D eigenvalue weighted by Gasteiger charge is -2.32. The van der Waals surface area contributed by atoms with E-state index in [-0.39, 0.29) is 17.8 Å². The molecule has 8 heteroatoms. The van der Waals surface area contributed by atoms with Crippen molar-refractivity contribution in [2.45, 2.75) is 52.6 Å². The van der Waals surface area contributed by atoms with Gasteiger partial charge < -0.3 is 14.5 Å². The second-order valence-electron chi connectivity index (χ2n) is 8.03. The lowest BCUT2D eigenvalue weighted by atomic mass is 9.96. The molecule has 2 saturated heterocycles. The molecule has 4 heterocycles. The van der Waals surface area contributed by atoms with Crippen molar-refractivity contribution in [2.24, 2.45) is 5.92 Å². The molecule has 2 aliphatic rings. The van der Waals surface area contributed by atoms with Crippen LogP contribution in [0.2, 0.25) is 0 Å². The van der Waals surface area contributed by atoms with E-state index in [0.717, 1.165) is 55.1 Å². The number of hydrogen-bond acceptors (Lipinski definition) is 7. The zero-order valence-electron chi connectivity index (χ0n) is 17.3. The van der Waals surface area contributed by atoms with E-state index >= 15 is 0 Å². The number of esters is 1. The van der Waals surface area contributed by atoms with Crippen molar-refractivity contribution >= 4 is 39.2 Å². The number of amides is 1. The molecule has 156 valence electrons. The Morgan fingerprint density at radius 2 is 1.83 bits per heavy atom. The summed E-state index contributed by atoms with van der Waals surface area (Å²) in [5.74, 6) is 0.476. The van der Waals surface area contributed by atoms with Crippen molar-refractivity contribution in [2.75, 3.05) is 31.1 Å². The number of aromatic nitrogens is 2. The number of ether oxygens (including phenoxy) is 1. The molecular weight excluding hydrogens is 388 g/mol. The van der Waals surface area contributed by atoms with E-state index in [1.165, 1.54) is 10.4 Å². The fourth-order valence-electron chi connectivity index (χ4n) is 4.25. The van der Waals surface area contributed by atoms with Gasteiger partial charge in [0.15, 0.2) is 6.10 Å². The van der Waals surface area contributed by atoms with Crippen LogP contribution < -0.4 is 4.90 Å². The van der Waals surface area contributed by atoms with Crippen LogP contribution in [0.4, 0.5) is 5.82 Å². The molecule has 0 bridgehead atoms. The molecule has 0 spiro atoms. The van der Waals surface area contributed by atoms with Gasteiger partial charge in [-0.3, -0.25) is 9.59 Å². The zero-order valence-corrected chi connectivity index (χ0v) is 18.1. The third-order valence-electron chi connectivity index (χ3n) is 6.13. The number of thiophene rings is 1. The van der Waals surface area contributed by atoms with Crippen LogP contribution in [0.1, 0.15) is 43.0 Å². The number of piperidine rings is 1. The summed E-state index contributed by atoms with van der Waals surface area (Å²) in [5, 5.41) is 1.13. The Bertz CT molecular complexity index is 914. The molecule has 2 fully saturated rings. The maximum Gasteiger partial charge on any atom is 0.309 e. The quantitative estimate of drug-likeness (QED) is 0.713. The molecule has 29 heavy (non-hydrogen) atoms. The molecule has 7 nitrogen and oxygen atoms in total. The van der Waals surface area contributed by atoms with Crippen molar-refractivity contribution in [3.63, 3.8) is 0 Å². The number of likely N-dealkylation sites (tertiary alicyclic amines) is 1. The summed E-state index contributed by atoms with van der Waals surface area (Å²) >= 11 is 1.69. The van der Waals surface area contributed by atoms with Crippen LogP contribution in [0, 0.1) is 19.8 Å². The Morgan fingerprint density at radius 1 is 1.14 bits per heavy atom. The Labute approximate surface area is 175 Å². The summed E-state index contributed by atoms with van der Waals surface area (Å²) in [7, 11) is 0. The lowest BCUT2D eigenvalue weighted by Crippen LogP contribution is -2.41. The van der Waals surface area contributed by atoms with Gasteiger partial charge in [0, 0.05) is 31.1 Å². The minimum absolute atomic E-state index is 0.0695. The van der Waals surface area contributed by atoms with Gasteiger partial charge in [0.25, 0.3) is 5.91 Å². The summed E-state index contributed by atoms with van der Waals surface area (Å²) in [6.07, 6.45) is 4.40. The van der Waals surface area contributed by atoms with E-state index < -0.39 is 6.10 Å². The number of rotatable bonds is 4. The third-order valence-corrected chi connectivity index (χ3v) is 7.25. The van der Waals surface area contributed by atoms with Crippen LogP contribution in [-0.2, 0) is 14.3 Å². The number of hydrogen-bond donors (Lipinski definition) is 0. The van der Waals surface area contributed by atoms with Crippen molar-refractivity contribution in [3.05, 3.63) is 16.8 Å². The zero-order chi connectivity index (χ0) is 20.5. The maximum absolute atomic E-state index is 12.6. The smallest absolute Gasteiger partial charge is 0.309 e. The molecule has 1 amide bonds. The van der Waals surface area contributed by atoms with Crippen LogP contribution in [0.25, 0.3) is 10.2 Å². The van der Waals surface area contributed by atoms with E-state index in [1.54, 1.807) is 29.5 Å². The number of carbonyl (C=O) groups excluding carboxylic acids is 2. The summed E-state index contributed by atoms with van der Waals surface area (Å²) in [6, 6.07) is 0. The second-order valence-corrected chi connectivity index (χ2v) is 9.24. The largest absolute Gasteiger partial charge is 0.452 e. The Kier molecular flexibility index (Phi) is 5.72. The normalized spacial score (nSPS) is 19.0. The molecule has 4 rings (SSSR count). The van der Waals surface area contributed by atoms with E-state index in [0.29, 0.717) is 12.8 Å².